The molecule has 0 aliphatic heterocycles. The highest BCUT2D eigenvalue weighted by molar-refractivity contribution is 8.00. The van der Waals surface area contributed by atoms with E-state index in [0.29, 0.717) is 12.2 Å². The lowest BCUT2D eigenvalue weighted by atomic mass is 10.1. The molecular weight excluding hydrogens is 260 g/mol. The summed E-state index contributed by atoms with van der Waals surface area (Å²) in [6.07, 6.45) is 2.82. The standard InChI is InChI=1S/C11H20O4S2/c1-2-6-17(14,15)7-5-16-9-11(3-4-11)8-10(12)13/h2-9H2,1H3,(H,12,13). The van der Waals surface area contributed by atoms with Gasteiger partial charge in [-0.05, 0) is 30.4 Å². The molecule has 1 aliphatic carbocycles. The van der Waals surface area contributed by atoms with E-state index in [4.69, 9.17) is 5.11 Å². The zero-order valence-electron chi connectivity index (χ0n) is 10.1. The molecule has 0 aromatic rings. The van der Waals surface area contributed by atoms with E-state index in [9.17, 15) is 13.2 Å². The van der Waals surface area contributed by atoms with Gasteiger partial charge < -0.3 is 5.11 Å². The largest absolute Gasteiger partial charge is 0.481 e. The van der Waals surface area contributed by atoms with Crippen LogP contribution in [0, 0.1) is 5.41 Å². The number of rotatable bonds is 9. The van der Waals surface area contributed by atoms with Crippen LogP contribution in [-0.4, -0.2) is 42.5 Å². The maximum absolute atomic E-state index is 11.4. The highest BCUT2D eigenvalue weighted by Crippen LogP contribution is 2.50. The molecule has 100 valence electrons. The molecule has 0 unspecified atom stereocenters. The van der Waals surface area contributed by atoms with Crippen LogP contribution in [0.25, 0.3) is 0 Å². The lowest BCUT2D eigenvalue weighted by Gasteiger charge is -2.11. The molecule has 1 rings (SSSR count). The minimum atomic E-state index is -2.89. The van der Waals surface area contributed by atoms with Crippen LogP contribution in [0.3, 0.4) is 0 Å². The van der Waals surface area contributed by atoms with Crippen molar-refractivity contribution in [3.05, 3.63) is 0 Å². The first kappa shape index (κ1) is 14.8. The summed E-state index contributed by atoms with van der Waals surface area (Å²) in [5.41, 5.74) is -0.0367. The van der Waals surface area contributed by atoms with Crippen LogP contribution in [0.1, 0.15) is 32.6 Å². The van der Waals surface area contributed by atoms with Crippen LogP contribution >= 0.6 is 11.8 Å². The first-order chi connectivity index (χ1) is 7.89. The Balaban J connectivity index is 2.19. The van der Waals surface area contributed by atoms with Crippen molar-refractivity contribution < 1.29 is 18.3 Å². The monoisotopic (exact) mass is 280 g/mol. The fourth-order valence-electron chi connectivity index (χ4n) is 1.76. The van der Waals surface area contributed by atoms with Crippen LogP contribution in [-0.2, 0) is 14.6 Å². The molecular formula is C11H20O4S2. The topological polar surface area (TPSA) is 71.4 Å². The molecule has 1 saturated carbocycles. The van der Waals surface area contributed by atoms with Gasteiger partial charge in [-0.1, -0.05) is 6.92 Å². The van der Waals surface area contributed by atoms with E-state index in [1.807, 2.05) is 6.92 Å². The Kier molecular flexibility index (Phi) is 5.31. The van der Waals surface area contributed by atoms with Crippen molar-refractivity contribution in [3.63, 3.8) is 0 Å². The zero-order valence-corrected chi connectivity index (χ0v) is 11.8. The lowest BCUT2D eigenvalue weighted by molar-refractivity contribution is -0.138. The molecule has 0 radical (unpaired) electrons. The number of carboxylic acid groups (broad SMARTS) is 1. The number of sulfone groups is 1. The highest BCUT2D eigenvalue weighted by Gasteiger charge is 2.43. The maximum atomic E-state index is 11.4. The molecule has 1 N–H and O–H groups in total. The van der Waals surface area contributed by atoms with Gasteiger partial charge in [0.15, 0.2) is 9.84 Å². The summed E-state index contributed by atoms with van der Waals surface area (Å²) in [5.74, 6) is 1.09. The van der Waals surface area contributed by atoms with E-state index in [-0.39, 0.29) is 23.3 Å². The minimum Gasteiger partial charge on any atom is -0.481 e. The summed E-state index contributed by atoms with van der Waals surface area (Å²) in [6, 6.07) is 0. The van der Waals surface area contributed by atoms with Gasteiger partial charge in [0.2, 0.25) is 0 Å². The molecule has 0 saturated heterocycles. The molecule has 1 aliphatic rings. The lowest BCUT2D eigenvalue weighted by Crippen LogP contribution is -2.15. The van der Waals surface area contributed by atoms with Crippen molar-refractivity contribution in [1.29, 1.82) is 0 Å². The quantitative estimate of drug-likeness (QED) is 0.652. The first-order valence-corrected chi connectivity index (χ1v) is 8.87. The predicted molar refractivity (Wildman–Crippen MR) is 70.2 cm³/mol. The van der Waals surface area contributed by atoms with E-state index >= 15 is 0 Å². The molecule has 0 amide bonds. The number of carbonyl (C=O) groups is 1. The van der Waals surface area contributed by atoms with E-state index in [2.05, 4.69) is 0 Å². The number of carboxylic acids is 1. The molecule has 0 spiro atoms. The van der Waals surface area contributed by atoms with Gasteiger partial charge in [-0.3, -0.25) is 4.79 Å². The Labute approximate surface area is 107 Å². The van der Waals surface area contributed by atoms with Gasteiger partial charge in [-0.25, -0.2) is 8.42 Å². The Hall–Kier alpha value is -0.230. The molecule has 0 bridgehead atoms. The molecule has 17 heavy (non-hydrogen) atoms. The summed E-state index contributed by atoms with van der Waals surface area (Å²) < 4.78 is 22.9. The molecule has 1 fully saturated rings. The van der Waals surface area contributed by atoms with Crippen molar-refractivity contribution in [1.82, 2.24) is 0 Å². The predicted octanol–water partition coefficient (Wildman–Crippen LogP) is 1.80. The van der Waals surface area contributed by atoms with E-state index in [1.165, 1.54) is 0 Å². The van der Waals surface area contributed by atoms with Gasteiger partial charge in [0.25, 0.3) is 0 Å². The van der Waals surface area contributed by atoms with Crippen molar-refractivity contribution >= 4 is 27.6 Å². The van der Waals surface area contributed by atoms with Gasteiger partial charge in [0.1, 0.15) is 0 Å². The number of thioether (sulfide) groups is 1. The summed E-state index contributed by atoms with van der Waals surface area (Å²) in [6.45, 7) is 1.86. The molecule has 0 heterocycles. The van der Waals surface area contributed by atoms with Gasteiger partial charge in [0, 0.05) is 11.5 Å². The van der Waals surface area contributed by atoms with Gasteiger partial charge in [0.05, 0.1) is 12.2 Å². The Bertz CT molecular complexity index is 358. The van der Waals surface area contributed by atoms with Crippen LogP contribution in [0.5, 0.6) is 0 Å². The average Bonchev–Trinajstić information content (AvgIpc) is 2.92. The Morgan fingerprint density at radius 1 is 1.35 bits per heavy atom. The molecule has 0 atom stereocenters. The normalized spacial score (nSPS) is 17.9. The van der Waals surface area contributed by atoms with E-state index in [0.717, 1.165) is 18.6 Å². The number of hydrogen-bond donors (Lipinski definition) is 1. The van der Waals surface area contributed by atoms with Crippen molar-refractivity contribution in [2.24, 2.45) is 5.41 Å². The van der Waals surface area contributed by atoms with Gasteiger partial charge in [-0.2, -0.15) is 11.8 Å². The summed E-state index contributed by atoms with van der Waals surface area (Å²) in [4.78, 5) is 10.6. The second kappa shape index (κ2) is 6.09. The third kappa shape index (κ3) is 5.77. The van der Waals surface area contributed by atoms with E-state index in [1.54, 1.807) is 11.8 Å². The van der Waals surface area contributed by atoms with Crippen LogP contribution < -0.4 is 0 Å². The van der Waals surface area contributed by atoms with Crippen LogP contribution in [0.2, 0.25) is 0 Å². The fraction of sp³-hybridized carbons (Fsp3) is 0.909. The van der Waals surface area contributed by atoms with Crippen LogP contribution in [0.15, 0.2) is 0 Å². The maximum Gasteiger partial charge on any atom is 0.303 e. The van der Waals surface area contributed by atoms with Crippen molar-refractivity contribution in [3.8, 4) is 0 Å². The molecule has 0 aromatic heterocycles. The highest BCUT2D eigenvalue weighted by atomic mass is 32.2. The second-order valence-electron chi connectivity index (χ2n) is 4.77. The third-order valence-electron chi connectivity index (χ3n) is 2.95. The van der Waals surface area contributed by atoms with Gasteiger partial charge in [-0.15, -0.1) is 0 Å². The smallest absolute Gasteiger partial charge is 0.303 e. The Morgan fingerprint density at radius 2 is 2.00 bits per heavy atom. The number of aliphatic carboxylic acids is 1. The summed E-state index contributed by atoms with van der Waals surface area (Å²) in [7, 11) is -2.89. The summed E-state index contributed by atoms with van der Waals surface area (Å²) in [5, 5.41) is 8.74. The fourth-order valence-corrected chi connectivity index (χ4v) is 5.04. The minimum absolute atomic E-state index is 0.0367. The summed E-state index contributed by atoms with van der Waals surface area (Å²) >= 11 is 1.57. The van der Waals surface area contributed by atoms with Gasteiger partial charge >= 0.3 is 5.97 Å². The molecule has 4 nitrogen and oxygen atoms in total. The second-order valence-corrected chi connectivity index (χ2v) is 8.18. The number of hydrogen-bond acceptors (Lipinski definition) is 4. The SMILES string of the molecule is CCCS(=O)(=O)CCSCC1(CC(=O)O)CC1. The molecule has 0 aromatic carbocycles. The first-order valence-electron chi connectivity index (χ1n) is 5.89. The van der Waals surface area contributed by atoms with Crippen LogP contribution in [0.4, 0.5) is 0 Å². The third-order valence-corrected chi connectivity index (χ3v) is 6.37. The Morgan fingerprint density at radius 3 is 2.47 bits per heavy atom. The molecule has 6 heteroatoms. The van der Waals surface area contributed by atoms with Crippen molar-refractivity contribution in [2.75, 3.05) is 23.0 Å². The van der Waals surface area contributed by atoms with Crippen molar-refractivity contribution in [2.45, 2.75) is 32.6 Å². The van der Waals surface area contributed by atoms with E-state index < -0.39 is 15.8 Å². The average molecular weight is 280 g/mol. The zero-order chi connectivity index (χ0) is 12.9.